The molecule has 0 spiro atoms. The Labute approximate surface area is 108 Å². The smallest absolute Gasteiger partial charge is 0.410 e. The van der Waals surface area contributed by atoms with Crippen molar-refractivity contribution in [3.63, 3.8) is 0 Å². The van der Waals surface area contributed by atoms with Gasteiger partial charge in [0.15, 0.2) is 0 Å². The Morgan fingerprint density at radius 1 is 1.17 bits per heavy atom. The van der Waals surface area contributed by atoms with Crippen molar-refractivity contribution in [3.05, 3.63) is 0 Å². The lowest BCUT2D eigenvalue weighted by Gasteiger charge is -2.43. The molecule has 3 aliphatic rings. The Bertz CT molecular complexity index is 344. The number of likely N-dealkylation sites (tertiary alicyclic amines) is 1. The number of ketones is 1. The van der Waals surface area contributed by atoms with Crippen LogP contribution in [0.4, 0.5) is 4.79 Å². The summed E-state index contributed by atoms with van der Waals surface area (Å²) in [6.07, 6.45) is 5.80. The van der Waals surface area contributed by atoms with E-state index in [0.717, 1.165) is 38.5 Å². The fraction of sp³-hybridized carbons (Fsp3) is 0.857. The normalized spacial score (nSPS) is 38.5. The molecule has 0 unspecified atom stereocenters. The Morgan fingerprint density at radius 3 is 2.22 bits per heavy atom. The van der Waals surface area contributed by atoms with Crippen LogP contribution in [0.2, 0.25) is 0 Å². The predicted octanol–water partition coefficient (Wildman–Crippen LogP) is 2.37. The van der Waals surface area contributed by atoms with Crippen molar-refractivity contribution in [1.29, 1.82) is 0 Å². The summed E-state index contributed by atoms with van der Waals surface area (Å²) in [5.41, 5.74) is 0. The minimum absolute atomic E-state index is 0.0914. The third kappa shape index (κ3) is 1.65. The first-order chi connectivity index (χ1) is 8.74. The molecule has 0 bridgehead atoms. The largest absolute Gasteiger partial charge is 0.450 e. The summed E-state index contributed by atoms with van der Waals surface area (Å²) >= 11 is 0. The van der Waals surface area contributed by atoms with E-state index in [1.807, 2.05) is 11.8 Å². The van der Waals surface area contributed by atoms with Gasteiger partial charge in [0.25, 0.3) is 0 Å². The molecule has 0 aromatic carbocycles. The maximum atomic E-state index is 12.4. The van der Waals surface area contributed by atoms with E-state index in [-0.39, 0.29) is 30.0 Å². The van der Waals surface area contributed by atoms with Gasteiger partial charge in [0.1, 0.15) is 5.78 Å². The van der Waals surface area contributed by atoms with Gasteiger partial charge in [-0.05, 0) is 32.6 Å². The monoisotopic (exact) mass is 251 g/mol. The van der Waals surface area contributed by atoms with Gasteiger partial charge in [0.05, 0.1) is 6.61 Å². The van der Waals surface area contributed by atoms with Crippen molar-refractivity contribution >= 4 is 11.9 Å². The lowest BCUT2D eigenvalue weighted by Crippen LogP contribution is -2.58. The molecule has 18 heavy (non-hydrogen) atoms. The zero-order valence-electron chi connectivity index (χ0n) is 10.9. The Balaban J connectivity index is 1.89. The first-order valence-corrected chi connectivity index (χ1v) is 7.23. The van der Waals surface area contributed by atoms with E-state index < -0.39 is 0 Å². The highest BCUT2D eigenvalue weighted by Gasteiger charge is 2.53. The van der Waals surface area contributed by atoms with Crippen LogP contribution in [0.5, 0.6) is 0 Å². The van der Waals surface area contributed by atoms with E-state index in [1.165, 1.54) is 0 Å². The average molecular weight is 251 g/mol. The minimum atomic E-state index is -0.196. The lowest BCUT2D eigenvalue weighted by molar-refractivity contribution is -0.134. The van der Waals surface area contributed by atoms with Gasteiger partial charge in [0.2, 0.25) is 0 Å². The molecule has 2 aliphatic carbocycles. The molecular weight excluding hydrogens is 230 g/mol. The molecule has 4 atom stereocenters. The van der Waals surface area contributed by atoms with Crippen molar-refractivity contribution < 1.29 is 14.3 Å². The molecule has 3 rings (SSSR count). The summed E-state index contributed by atoms with van der Waals surface area (Å²) in [7, 11) is 0. The molecule has 0 N–H and O–H groups in total. The minimum Gasteiger partial charge on any atom is -0.450 e. The molecule has 2 saturated carbocycles. The number of amides is 1. The lowest BCUT2D eigenvalue weighted by atomic mass is 9.80. The number of carbonyl (C=O) groups excluding carboxylic acids is 2. The number of fused-ring (bicyclic) bond motifs is 2. The van der Waals surface area contributed by atoms with Crippen molar-refractivity contribution in [3.8, 4) is 0 Å². The number of carbonyl (C=O) groups is 2. The van der Waals surface area contributed by atoms with E-state index in [4.69, 9.17) is 4.74 Å². The fourth-order valence-corrected chi connectivity index (χ4v) is 4.20. The average Bonchev–Trinajstić information content (AvgIpc) is 2.97. The highest BCUT2D eigenvalue weighted by atomic mass is 16.6. The van der Waals surface area contributed by atoms with Crippen LogP contribution in [0.3, 0.4) is 0 Å². The van der Waals surface area contributed by atoms with Crippen LogP contribution in [0.15, 0.2) is 0 Å². The first-order valence-electron chi connectivity index (χ1n) is 7.23. The van der Waals surface area contributed by atoms with Gasteiger partial charge in [-0.15, -0.1) is 0 Å². The Morgan fingerprint density at radius 2 is 1.72 bits per heavy atom. The molecule has 1 aliphatic heterocycles. The van der Waals surface area contributed by atoms with Crippen LogP contribution in [0.25, 0.3) is 0 Å². The SMILES string of the molecule is CCOC(=O)N1[C@@H]2CCC[C@@H]2C(=O)[C@@H]2CCC[C@@H]21. The van der Waals surface area contributed by atoms with Crippen LogP contribution in [-0.4, -0.2) is 35.5 Å². The van der Waals surface area contributed by atoms with Crippen LogP contribution in [0, 0.1) is 11.8 Å². The number of Topliss-reactive ketones (excluding diaryl/α,β-unsaturated/α-hetero) is 1. The van der Waals surface area contributed by atoms with Crippen LogP contribution < -0.4 is 0 Å². The Kier molecular flexibility index (Phi) is 3.04. The Hall–Kier alpha value is -1.06. The number of ether oxygens (including phenoxy) is 1. The van der Waals surface area contributed by atoms with E-state index in [9.17, 15) is 9.59 Å². The van der Waals surface area contributed by atoms with Crippen LogP contribution in [0.1, 0.15) is 45.4 Å². The van der Waals surface area contributed by atoms with Gasteiger partial charge in [-0.1, -0.05) is 12.8 Å². The third-order valence-corrected chi connectivity index (χ3v) is 4.88. The van der Waals surface area contributed by atoms with Gasteiger partial charge in [-0.3, -0.25) is 4.79 Å². The van der Waals surface area contributed by atoms with Crippen LogP contribution >= 0.6 is 0 Å². The summed E-state index contributed by atoms with van der Waals surface area (Å²) in [5, 5.41) is 0. The number of nitrogens with zero attached hydrogens (tertiary/aromatic N) is 1. The van der Waals surface area contributed by atoms with Crippen LogP contribution in [-0.2, 0) is 9.53 Å². The molecule has 3 fully saturated rings. The summed E-state index contributed by atoms with van der Waals surface area (Å²) in [5.74, 6) is 0.614. The molecule has 4 nitrogen and oxygen atoms in total. The maximum Gasteiger partial charge on any atom is 0.410 e. The zero-order valence-corrected chi connectivity index (χ0v) is 10.9. The second-order valence-electron chi connectivity index (χ2n) is 5.72. The molecule has 100 valence electrons. The summed E-state index contributed by atoms with van der Waals surface area (Å²) in [6.45, 7) is 2.25. The molecule has 0 aromatic rings. The highest BCUT2D eigenvalue weighted by Crippen LogP contribution is 2.45. The molecule has 1 amide bonds. The van der Waals surface area contributed by atoms with E-state index >= 15 is 0 Å². The molecule has 4 heteroatoms. The standard InChI is InChI=1S/C14H21NO3/c1-2-18-14(17)15-11-7-3-5-9(11)13(16)10-6-4-8-12(10)15/h9-12H,2-8H2,1H3/t9-,10+,11+,12-. The summed E-state index contributed by atoms with van der Waals surface area (Å²) in [6, 6.07) is 0.242. The van der Waals surface area contributed by atoms with Gasteiger partial charge in [-0.25, -0.2) is 4.79 Å². The van der Waals surface area contributed by atoms with E-state index in [0.29, 0.717) is 12.4 Å². The topological polar surface area (TPSA) is 46.6 Å². The number of piperidine rings is 1. The van der Waals surface area contributed by atoms with Crippen molar-refractivity contribution in [1.82, 2.24) is 4.90 Å². The molecule has 0 aromatic heterocycles. The number of hydrogen-bond donors (Lipinski definition) is 0. The quantitative estimate of drug-likeness (QED) is 0.718. The van der Waals surface area contributed by atoms with Gasteiger partial charge < -0.3 is 9.64 Å². The molecule has 0 radical (unpaired) electrons. The van der Waals surface area contributed by atoms with Gasteiger partial charge in [-0.2, -0.15) is 0 Å². The van der Waals surface area contributed by atoms with E-state index in [2.05, 4.69) is 0 Å². The fourth-order valence-electron chi connectivity index (χ4n) is 4.20. The zero-order chi connectivity index (χ0) is 12.7. The van der Waals surface area contributed by atoms with Crippen molar-refractivity contribution in [2.45, 2.75) is 57.5 Å². The van der Waals surface area contributed by atoms with Crippen molar-refractivity contribution in [2.24, 2.45) is 11.8 Å². The molecular formula is C14H21NO3. The highest BCUT2D eigenvalue weighted by molar-refractivity contribution is 5.88. The number of hydrogen-bond acceptors (Lipinski definition) is 3. The predicted molar refractivity (Wildman–Crippen MR) is 66.1 cm³/mol. The van der Waals surface area contributed by atoms with E-state index in [1.54, 1.807) is 0 Å². The van der Waals surface area contributed by atoms with Crippen molar-refractivity contribution in [2.75, 3.05) is 6.61 Å². The second-order valence-corrected chi connectivity index (χ2v) is 5.72. The second kappa shape index (κ2) is 4.56. The first kappa shape index (κ1) is 12.0. The summed E-state index contributed by atoms with van der Waals surface area (Å²) in [4.78, 5) is 26.5. The number of rotatable bonds is 1. The van der Waals surface area contributed by atoms with Gasteiger partial charge >= 0.3 is 6.09 Å². The summed E-state index contributed by atoms with van der Waals surface area (Å²) < 4.78 is 5.21. The molecule has 1 saturated heterocycles. The third-order valence-electron chi connectivity index (χ3n) is 4.88. The maximum absolute atomic E-state index is 12.4. The van der Waals surface area contributed by atoms with Gasteiger partial charge in [0, 0.05) is 23.9 Å². The molecule has 1 heterocycles.